The molecule has 3 aromatic rings. The quantitative estimate of drug-likeness (QED) is 0.458. The molecule has 3 rings (SSSR count). The van der Waals surface area contributed by atoms with Gasteiger partial charge < -0.3 is 10.6 Å². The predicted octanol–water partition coefficient (Wildman–Crippen LogP) is 6.83. The highest BCUT2D eigenvalue weighted by Crippen LogP contribution is 2.36. The zero-order valence-electron chi connectivity index (χ0n) is 15.9. The normalized spacial score (nSPS) is 11.6. The third kappa shape index (κ3) is 5.60. The van der Waals surface area contributed by atoms with Crippen LogP contribution in [0.5, 0.6) is 0 Å². The molecule has 1 heterocycles. The molecule has 0 bridgehead atoms. The Kier molecular flexibility index (Phi) is 6.27. The van der Waals surface area contributed by atoms with E-state index >= 15 is 0 Å². The summed E-state index contributed by atoms with van der Waals surface area (Å²) in [6.45, 7) is 4.27. The molecule has 0 saturated heterocycles. The van der Waals surface area contributed by atoms with Gasteiger partial charge in [-0.2, -0.15) is 18.2 Å². The van der Waals surface area contributed by atoms with Gasteiger partial charge >= 0.3 is 6.18 Å². The first-order valence-electron chi connectivity index (χ1n) is 9.04. The molecule has 2 aromatic carbocycles. The Labute approximate surface area is 172 Å². The van der Waals surface area contributed by atoms with E-state index in [4.69, 9.17) is 11.6 Å². The molecule has 29 heavy (non-hydrogen) atoms. The summed E-state index contributed by atoms with van der Waals surface area (Å²) in [5, 5.41) is 5.89. The topological polar surface area (TPSA) is 49.8 Å². The van der Waals surface area contributed by atoms with Crippen molar-refractivity contribution in [1.82, 2.24) is 9.97 Å². The summed E-state index contributed by atoms with van der Waals surface area (Å²) < 4.78 is 40.2. The van der Waals surface area contributed by atoms with Gasteiger partial charge in [0.05, 0.1) is 10.7 Å². The maximum atomic E-state index is 13.4. The van der Waals surface area contributed by atoms with E-state index in [9.17, 15) is 13.2 Å². The summed E-state index contributed by atoms with van der Waals surface area (Å²) in [5.41, 5.74) is 1.21. The van der Waals surface area contributed by atoms with E-state index in [1.54, 1.807) is 24.3 Å². The number of hydrogen-bond donors (Lipinski definition) is 2. The van der Waals surface area contributed by atoms with Crippen molar-refractivity contribution in [1.29, 1.82) is 0 Å². The lowest BCUT2D eigenvalue weighted by Gasteiger charge is -2.15. The number of alkyl halides is 3. The number of aromatic nitrogens is 2. The molecular weight excluding hydrogens is 401 g/mol. The average Bonchev–Trinajstić information content (AvgIpc) is 2.64. The molecule has 0 unspecified atom stereocenters. The van der Waals surface area contributed by atoms with E-state index in [1.807, 2.05) is 24.3 Å². The van der Waals surface area contributed by atoms with Gasteiger partial charge in [-0.05, 0) is 42.2 Å². The summed E-state index contributed by atoms with van der Waals surface area (Å²) in [7, 11) is 0. The maximum Gasteiger partial charge on any atom is 0.421 e. The Hall–Kier alpha value is -2.80. The average molecular weight is 421 g/mol. The molecule has 0 aliphatic rings. The highest BCUT2D eigenvalue weighted by molar-refractivity contribution is 6.33. The first kappa shape index (κ1) is 20.9. The summed E-state index contributed by atoms with van der Waals surface area (Å²) in [6, 6.07) is 14.1. The second kappa shape index (κ2) is 8.69. The van der Waals surface area contributed by atoms with Gasteiger partial charge in [0.25, 0.3) is 0 Å². The second-order valence-electron chi connectivity index (χ2n) is 6.98. The van der Waals surface area contributed by atoms with E-state index < -0.39 is 11.7 Å². The van der Waals surface area contributed by atoms with E-state index in [0.29, 0.717) is 17.3 Å². The van der Waals surface area contributed by atoms with Crippen molar-refractivity contribution in [3.63, 3.8) is 0 Å². The van der Waals surface area contributed by atoms with Gasteiger partial charge in [0.2, 0.25) is 5.95 Å². The van der Waals surface area contributed by atoms with Crippen LogP contribution in [0.25, 0.3) is 0 Å². The lowest BCUT2D eigenvalue weighted by Crippen LogP contribution is -2.12. The van der Waals surface area contributed by atoms with Gasteiger partial charge in [-0.15, -0.1) is 0 Å². The molecule has 0 aliphatic carbocycles. The van der Waals surface area contributed by atoms with Crippen LogP contribution in [0.3, 0.4) is 0 Å². The van der Waals surface area contributed by atoms with Gasteiger partial charge in [-0.25, -0.2) is 4.98 Å². The van der Waals surface area contributed by atoms with Crippen LogP contribution in [0.1, 0.15) is 25.0 Å². The van der Waals surface area contributed by atoms with Crippen molar-refractivity contribution < 1.29 is 13.2 Å². The fourth-order valence-electron chi connectivity index (χ4n) is 2.76. The SMILES string of the molecule is CC(C)Cc1ccc(Nc2ncc(C(F)(F)F)c(Nc3ccccc3Cl)n2)cc1. The highest BCUT2D eigenvalue weighted by Gasteiger charge is 2.35. The minimum absolute atomic E-state index is 0.0455. The fourth-order valence-corrected chi connectivity index (χ4v) is 2.94. The molecule has 152 valence electrons. The second-order valence-corrected chi connectivity index (χ2v) is 7.39. The van der Waals surface area contributed by atoms with E-state index in [2.05, 4.69) is 34.4 Å². The molecule has 4 nitrogen and oxygen atoms in total. The first-order valence-corrected chi connectivity index (χ1v) is 9.42. The number of nitrogens with one attached hydrogen (secondary N) is 2. The van der Waals surface area contributed by atoms with Crippen molar-refractivity contribution in [2.45, 2.75) is 26.4 Å². The third-order valence-corrected chi connectivity index (χ3v) is 4.40. The van der Waals surface area contributed by atoms with Crippen LogP contribution < -0.4 is 10.6 Å². The molecule has 0 spiro atoms. The zero-order chi connectivity index (χ0) is 21.0. The van der Waals surface area contributed by atoms with Gasteiger partial charge in [-0.3, -0.25) is 0 Å². The number of hydrogen-bond acceptors (Lipinski definition) is 4. The Balaban J connectivity index is 1.87. The summed E-state index contributed by atoms with van der Waals surface area (Å²) >= 11 is 6.06. The fraction of sp³-hybridized carbons (Fsp3) is 0.238. The molecule has 0 radical (unpaired) electrons. The van der Waals surface area contributed by atoms with Crippen molar-refractivity contribution in [2.24, 2.45) is 5.92 Å². The number of para-hydroxylation sites is 1. The van der Waals surface area contributed by atoms with Crippen molar-refractivity contribution >= 4 is 34.7 Å². The minimum Gasteiger partial charge on any atom is -0.338 e. The summed E-state index contributed by atoms with van der Waals surface area (Å²) in [6.07, 6.45) is -2.91. The molecule has 1 aromatic heterocycles. The number of anilines is 4. The van der Waals surface area contributed by atoms with Crippen molar-refractivity contribution in [3.05, 3.63) is 70.9 Å². The van der Waals surface area contributed by atoms with Gasteiger partial charge in [0.1, 0.15) is 11.4 Å². The van der Waals surface area contributed by atoms with E-state index in [1.165, 1.54) is 5.56 Å². The lowest BCUT2D eigenvalue weighted by molar-refractivity contribution is -0.137. The molecule has 0 atom stereocenters. The molecule has 0 saturated carbocycles. The summed E-state index contributed by atoms with van der Waals surface area (Å²) in [4.78, 5) is 7.85. The van der Waals surface area contributed by atoms with Gasteiger partial charge in [-0.1, -0.05) is 49.7 Å². The number of benzene rings is 2. The Bertz CT molecular complexity index is 972. The zero-order valence-corrected chi connectivity index (χ0v) is 16.6. The van der Waals surface area contributed by atoms with E-state index in [0.717, 1.165) is 12.6 Å². The molecule has 8 heteroatoms. The monoisotopic (exact) mass is 420 g/mol. The number of nitrogens with zero attached hydrogens (tertiary/aromatic N) is 2. The first-order chi connectivity index (χ1) is 13.7. The Morgan fingerprint density at radius 3 is 2.31 bits per heavy atom. The van der Waals surface area contributed by atoms with Crippen LogP contribution in [0.15, 0.2) is 54.7 Å². The lowest BCUT2D eigenvalue weighted by atomic mass is 10.0. The predicted molar refractivity (Wildman–Crippen MR) is 110 cm³/mol. The Morgan fingerprint density at radius 1 is 1.00 bits per heavy atom. The maximum absolute atomic E-state index is 13.4. The van der Waals surface area contributed by atoms with Gasteiger partial charge in [0, 0.05) is 11.9 Å². The smallest absolute Gasteiger partial charge is 0.338 e. The van der Waals surface area contributed by atoms with Gasteiger partial charge in [0.15, 0.2) is 0 Å². The van der Waals surface area contributed by atoms with Crippen molar-refractivity contribution in [2.75, 3.05) is 10.6 Å². The van der Waals surface area contributed by atoms with E-state index in [-0.39, 0.29) is 16.8 Å². The molecular formula is C21H20ClF3N4. The van der Waals surface area contributed by atoms with Crippen LogP contribution in [0.2, 0.25) is 5.02 Å². The molecule has 0 aliphatic heterocycles. The van der Waals surface area contributed by atoms with Crippen LogP contribution >= 0.6 is 11.6 Å². The van der Waals surface area contributed by atoms with Crippen LogP contribution in [0, 0.1) is 5.92 Å². The third-order valence-electron chi connectivity index (χ3n) is 4.08. The molecule has 0 fully saturated rings. The molecule has 2 N–H and O–H groups in total. The van der Waals surface area contributed by atoms with Crippen LogP contribution in [-0.2, 0) is 12.6 Å². The standard InChI is InChI=1S/C21H20ClF3N4/c1-13(2)11-14-7-9-15(10-8-14)27-20-26-12-16(21(23,24)25)19(29-20)28-18-6-4-3-5-17(18)22/h3-10,12-13H,11H2,1-2H3,(H2,26,27,28,29). The Morgan fingerprint density at radius 2 is 1.69 bits per heavy atom. The highest BCUT2D eigenvalue weighted by atomic mass is 35.5. The molecule has 0 amide bonds. The van der Waals surface area contributed by atoms with Crippen molar-refractivity contribution in [3.8, 4) is 0 Å². The largest absolute Gasteiger partial charge is 0.421 e. The van der Waals surface area contributed by atoms with Crippen LogP contribution in [-0.4, -0.2) is 9.97 Å². The number of rotatable bonds is 6. The number of halogens is 4. The summed E-state index contributed by atoms with van der Waals surface area (Å²) in [5.74, 6) is 0.203. The minimum atomic E-state index is -4.61. The van der Waals surface area contributed by atoms with Crippen LogP contribution in [0.4, 0.5) is 36.3 Å².